The Balaban J connectivity index is 1.73. The molecule has 11 heteroatoms. The van der Waals surface area contributed by atoms with E-state index in [1.165, 1.54) is 12.1 Å². The van der Waals surface area contributed by atoms with Gasteiger partial charge in [0.2, 0.25) is 0 Å². The Morgan fingerprint density at radius 3 is 2.42 bits per heavy atom. The summed E-state index contributed by atoms with van der Waals surface area (Å²) < 4.78 is 45.9. The second-order valence-corrected chi connectivity index (χ2v) is 9.30. The van der Waals surface area contributed by atoms with Crippen LogP contribution in [0.4, 0.5) is 13.2 Å². The highest BCUT2D eigenvalue weighted by Crippen LogP contribution is 2.33. The molecule has 8 nitrogen and oxygen atoms in total. The lowest BCUT2D eigenvalue weighted by Crippen LogP contribution is -2.31. The van der Waals surface area contributed by atoms with Gasteiger partial charge in [0.1, 0.15) is 17.3 Å². The molecule has 1 aliphatic heterocycles. The van der Waals surface area contributed by atoms with Crippen LogP contribution in [-0.2, 0) is 32.7 Å². The van der Waals surface area contributed by atoms with Gasteiger partial charge in [0.15, 0.2) is 12.4 Å². The van der Waals surface area contributed by atoms with Crippen LogP contribution in [0.3, 0.4) is 0 Å². The molecule has 0 bridgehead atoms. The molecular weight excluding hydrogens is 479 g/mol. The quantitative estimate of drug-likeness (QED) is 0.344. The number of ether oxygens (including phenoxy) is 2. The minimum Gasteiger partial charge on any atom is -0.482 e. The summed E-state index contributed by atoms with van der Waals surface area (Å²) in [6, 6.07) is 8.31. The number of carbonyl (C=O) groups is 3. The fraction of sp³-hybridized carbons (Fsp3) is 0.400. The highest BCUT2D eigenvalue weighted by molar-refractivity contribution is 6.04. The van der Waals surface area contributed by atoms with Gasteiger partial charge in [0.05, 0.1) is 6.54 Å². The van der Waals surface area contributed by atoms with E-state index in [1.54, 1.807) is 11.0 Å². The number of ketones is 1. The number of benzene rings is 1. The average Bonchev–Trinajstić information content (AvgIpc) is 3.10. The van der Waals surface area contributed by atoms with Gasteiger partial charge < -0.3 is 14.4 Å². The van der Waals surface area contributed by atoms with Crippen LogP contribution in [0.1, 0.15) is 60.6 Å². The van der Waals surface area contributed by atoms with Crippen molar-refractivity contribution in [2.75, 3.05) is 13.2 Å². The third-order valence-electron chi connectivity index (χ3n) is 5.53. The number of esters is 2. The maximum Gasteiger partial charge on any atom is 0.491 e. The van der Waals surface area contributed by atoms with Gasteiger partial charge in [-0.1, -0.05) is 33.8 Å². The first-order valence-corrected chi connectivity index (χ1v) is 11.2. The van der Waals surface area contributed by atoms with Crippen LogP contribution in [0, 0.1) is 5.41 Å². The van der Waals surface area contributed by atoms with Crippen LogP contribution < -0.4 is 4.74 Å². The fourth-order valence-electron chi connectivity index (χ4n) is 3.63. The van der Waals surface area contributed by atoms with Gasteiger partial charge in [-0.2, -0.15) is 13.2 Å². The number of aryl methyl sites for hydroxylation is 1. The third-order valence-corrected chi connectivity index (χ3v) is 5.53. The van der Waals surface area contributed by atoms with Crippen LogP contribution >= 0.6 is 0 Å². The molecule has 0 amide bonds. The lowest BCUT2D eigenvalue weighted by atomic mass is 9.85. The highest BCUT2D eigenvalue weighted by Gasteiger charge is 2.42. The fourth-order valence-corrected chi connectivity index (χ4v) is 3.63. The van der Waals surface area contributed by atoms with Gasteiger partial charge in [0.25, 0.3) is 0 Å². The van der Waals surface area contributed by atoms with Crippen LogP contribution in [0.15, 0.2) is 30.3 Å². The predicted octanol–water partition coefficient (Wildman–Crippen LogP) is 3.98. The van der Waals surface area contributed by atoms with E-state index in [1.807, 2.05) is 39.8 Å². The Labute approximate surface area is 205 Å². The van der Waals surface area contributed by atoms with Crippen LogP contribution in [0.2, 0.25) is 0 Å². The molecule has 0 atom stereocenters. The number of aromatic nitrogens is 1. The molecule has 0 fully saturated rings. The van der Waals surface area contributed by atoms with E-state index in [0.29, 0.717) is 23.4 Å². The number of Topliss-reactive ketones (excluding diaryl/α,β-unsaturated/α-hetero) is 1. The summed E-state index contributed by atoms with van der Waals surface area (Å²) in [4.78, 5) is 41.6. The van der Waals surface area contributed by atoms with E-state index in [4.69, 9.17) is 10.1 Å². The summed E-state index contributed by atoms with van der Waals surface area (Å²) in [5, 5.41) is 8.43. The normalized spacial score (nSPS) is 13.4. The van der Waals surface area contributed by atoms with Gasteiger partial charge in [-0.25, -0.2) is 14.6 Å². The summed E-state index contributed by atoms with van der Waals surface area (Å²) in [7, 11) is 0. The molecule has 0 spiro atoms. The highest BCUT2D eigenvalue weighted by atomic mass is 19.4. The molecule has 36 heavy (non-hydrogen) atoms. The van der Waals surface area contributed by atoms with Crippen molar-refractivity contribution in [3.63, 3.8) is 0 Å². The number of nitrogens with zero attached hydrogens (tertiary/aromatic N) is 2. The first-order valence-electron chi connectivity index (χ1n) is 11.2. The van der Waals surface area contributed by atoms with Crippen molar-refractivity contribution in [3.8, 4) is 5.75 Å². The summed E-state index contributed by atoms with van der Waals surface area (Å²) >= 11 is 0. The number of halogens is 3. The first kappa shape index (κ1) is 26.8. The maximum absolute atomic E-state index is 13.1. The molecule has 0 aliphatic carbocycles. The van der Waals surface area contributed by atoms with Gasteiger partial charge in [-0.15, -0.1) is 0 Å². The lowest BCUT2D eigenvalue weighted by Gasteiger charge is -2.24. The molecule has 2 aromatic rings. The number of nitrogens with one attached hydrogen (secondary N) is 1. The average molecular weight is 505 g/mol. The number of alkyl halides is 3. The molecule has 192 valence electrons. The zero-order valence-corrected chi connectivity index (χ0v) is 20.3. The monoisotopic (exact) mass is 505 g/mol. The van der Waals surface area contributed by atoms with Gasteiger partial charge >= 0.3 is 18.1 Å². The van der Waals surface area contributed by atoms with Gasteiger partial charge in [-0.3, -0.25) is 10.2 Å². The molecule has 0 saturated carbocycles. The van der Waals surface area contributed by atoms with E-state index in [0.717, 1.165) is 17.7 Å². The number of amidine groups is 1. The molecule has 1 aromatic carbocycles. The summed E-state index contributed by atoms with van der Waals surface area (Å²) in [6.45, 7) is 6.89. The predicted molar refractivity (Wildman–Crippen MR) is 123 cm³/mol. The summed E-state index contributed by atoms with van der Waals surface area (Å²) in [5.41, 5.74) is 2.61. The smallest absolute Gasteiger partial charge is 0.482 e. The van der Waals surface area contributed by atoms with Crippen LogP contribution in [-0.4, -0.2) is 52.8 Å². The lowest BCUT2D eigenvalue weighted by molar-refractivity contribution is -0.202. The minimum absolute atomic E-state index is 0.0493. The Morgan fingerprint density at radius 1 is 1.11 bits per heavy atom. The minimum atomic E-state index is -5.30. The molecule has 1 aromatic heterocycles. The van der Waals surface area contributed by atoms with Crippen molar-refractivity contribution in [2.24, 2.45) is 0 Å². The standard InChI is InChI=1S/C25H26F3N3O5/c1-5-16-8-6-15-11-31(22(29)21(15)30-16)12-18(32)14-7-9-19(17(10-14)24(2,3)4)35-13-20(33)36-23(34)25(26,27)28/h6-10,29H,5,11-13H2,1-4H3. The molecule has 2 heterocycles. The third kappa shape index (κ3) is 6.07. The van der Waals surface area contributed by atoms with Gasteiger partial charge in [0, 0.05) is 28.9 Å². The van der Waals surface area contributed by atoms with E-state index in [2.05, 4.69) is 9.72 Å². The van der Waals surface area contributed by atoms with Crippen LogP contribution in [0.25, 0.3) is 0 Å². The number of hydrogen-bond acceptors (Lipinski definition) is 7. The van der Waals surface area contributed by atoms with E-state index >= 15 is 0 Å². The Morgan fingerprint density at radius 2 is 1.81 bits per heavy atom. The SMILES string of the molecule is CCc1ccc2c(n1)C(=N)N(CC(=O)c1ccc(OCC(=O)OC(=O)C(F)(F)F)c(C(C)(C)C)c1)C2. The zero-order valence-electron chi connectivity index (χ0n) is 20.3. The molecule has 1 aliphatic rings. The van der Waals surface area contributed by atoms with Crippen molar-refractivity contribution in [1.82, 2.24) is 9.88 Å². The Bertz CT molecular complexity index is 1220. The number of carbonyl (C=O) groups excluding carboxylic acids is 3. The number of rotatable bonds is 7. The molecule has 0 radical (unpaired) electrons. The number of pyridine rings is 1. The molecule has 1 N–H and O–H groups in total. The van der Waals surface area contributed by atoms with E-state index in [-0.39, 0.29) is 23.9 Å². The second-order valence-electron chi connectivity index (χ2n) is 9.30. The maximum atomic E-state index is 13.1. The molecular formula is C25H26F3N3O5. The van der Waals surface area contributed by atoms with Crippen molar-refractivity contribution in [1.29, 1.82) is 5.41 Å². The first-order chi connectivity index (χ1) is 16.7. The van der Waals surface area contributed by atoms with E-state index in [9.17, 15) is 27.6 Å². The Kier molecular flexibility index (Phi) is 7.51. The molecule has 3 rings (SSSR count). The molecule has 0 saturated heterocycles. The van der Waals surface area contributed by atoms with Crippen LogP contribution in [0.5, 0.6) is 5.75 Å². The zero-order chi connectivity index (χ0) is 26.8. The van der Waals surface area contributed by atoms with Crippen molar-refractivity contribution < 1.29 is 37.0 Å². The van der Waals surface area contributed by atoms with Gasteiger partial charge in [-0.05, 0) is 36.1 Å². The largest absolute Gasteiger partial charge is 0.491 e. The van der Waals surface area contributed by atoms with Crippen molar-refractivity contribution in [3.05, 3.63) is 58.4 Å². The Hall–Kier alpha value is -3.76. The van der Waals surface area contributed by atoms with Crippen molar-refractivity contribution >= 4 is 23.6 Å². The topological polar surface area (TPSA) is 110 Å². The second kappa shape index (κ2) is 10.1. The van der Waals surface area contributed by atoms with Crippen molar-refractivity contribution in [2.45, 2.75) is 52.3 Å². The summed E-state index contributed by atoms with van der Waals surface area (Å²) in [6.07, 6.45) is -4.56. The number of hydrogen-bond donors (Lipinski definition) is 1. The van der Waals surface area contributed by atoms with E-state index < -0.39 is 30.1 Å². The summed E-state index contributed by atoms with van der Waals surface area (Å²) in [5.74, 6) is -4.03. The number of fused-ring (bicyclic) bond motifs is 1. The molecule has 0 unspecified atom stereocenters.